The molecule has 2 bridgehead atoms. The summed E-state index contributed by atoms with van der Waals surface area (Å²) in [6.07, 6.45) is 0.826. The Morgan fingerprint density at radius 2 is 1.69 bits per heavy atom. The number of carbonyl (C=O) groups excluding carboxylic acids is 2. The van der Waals surface area contributed by atoms with E-state index in [0.717, 1.165) is 33.0 Å². The van der Waals surface area contributed by atoms with Crippen LogP contribution in [0.1, 0.15) is 33.9 Å². The Morgan fingerprint density at radius 1 is 0.933 bits per heavy atom. The summed E-state index contributed by atoms with van der Waals surface area (Å²) in [5.41, 5.74) is 3.50. The fourth-order valence-electron chi connectivity index (χ4n) is 8.13. The van der Waals surface area contributed by atoms with Gasteiger partial charge in [0.25, 0.3) is 0 Å². The van der Waals surface area contributed by atoms with Crippen LogP contribution in [-0.2, 0) is 16.2 Å². The predicted octanol–water partition coefficient (Wildman–Crippen LogP) is 7.32. The number of nitrogens with zero attached hydrogens (tertiary/aromatic N) is 1. The number of H-pyrrole nitrogens is 1. The predicted molar refractivity (Wildman–Crippen MR) is 176 cm³/mol. The molecule has 2 aliphatic carbocycles. The first-order valence-electron chi connectivity index (χ1n) is 14.8. The van der Waals surface area contributed by atoms with Gasteiger partial charge in [-0.1, -0.05) is 64.4 Å². The molecular formula is C34H28Cl2N2O5S2. The van der Waals surface area contributed by atoms with E-state index in [4.69, 9.17) is 32.7 Å². The Balaban J connectivity index is 1.14. The summed E-state index contributed by atoms with van der Waals surface area (Å²) in [6.45, 7) is 2.22. The number of fused-ring (bicyclic) bond motifs is 9. The molecule has 3 fully saturated rings. The van der Waals surface area contributed by atoms with Crippen LogP contribution in [0.5, 0.6) is 11.5 Å². The number of rotatable bonds is 6. The van der Waals surface area contributed by atoms with E-state index in [1.165, 1.54) is 16.2 Å². The van der Waals surface area contributed by atoms with Crippen molar-refractivity contribution in [3.05, 3.63) is 102 Å². The number of hydrogen-bond donors (Lipinski definition) is 1. The molecule has 3 aromatic carbocycles. The number of aromatic amines is 1. The van der Waals surface area contributed by atoms with Crippen molar-refractivity contribution in [3.63, 3.8) is 0 Å². The molecule has 1 aromatic heterocycles. The van der Waals surface area contributed by atoms with Gasteiger partial charge in [-0.3, -0.25) is 19.3 Å². The van der Waals surface area contributed by atoms with Crippen molar-refractivity contribution in [1.29, 1.82) is 0 Å². The summed E-state index contributed by atoms with van der Waals surface area (Å²) in [5.74, 6) is 0.266. The fourth-order valence-corrected chi connectivity index (χ4v) is 11.5. The van der Waals surface area contributed by atoms with Gasteiger partial charge in [-0.05, 0) is 73.1 Å². The first-order valence-corrected chi connectivity index (χ1v) is 17.3. The number of ether oxygens (including phenoxy) is 2. The van der Waals surface area contributed by atoms with Gasteiger partial charge in [-0.2, -0.15) is 0 Å². The highest BCUT2D eigenvalue weighted by Crippen LogP contribution is 2.68. The van der Waals surface area contributed by atoms with E-state index in [0.29, 0.717) is 27.2 Å². The van der Waals surface area contributed by atoms with E-state index in [1.54, 1.807) is 31.0 Å². The topological polar surface area (TPSA) is 88.7 Å². The molecule has 7 nitrogen and oxygen atoms in total. The summed E-state index contributed by atoms with van der Waals surface area (Å²) in [6, 6.07) is 18.8. The highest BCUT2D eigenvalue weighted by molar-refractivity contribution is 8.00. The molecule has 1 N–H and O–H groups in total. The van der Waals surface area contributed by atoms with Crippen molar-refractivity contribution in [1.82, 2.24) is 4.98 Å². The van der Waals surface area contributed by atoms with Crippen LogP contribution in [0.3, 0.4) is 0 Å². The first-order chi connectivity index (χ1) is 21.7. The normalized spacial score (nSPS) is 27.8. The van der Waals surface area contributed by atoms with Crippen LogP contribution in [0.15, 0.2) is 70.5 Å². The lowest BCUT2D eigenvalue weighted by molar-refractivity contribution is -0.123. The molecule has 2 amide bonds. The van der Waals surface area contributed by atoms with Gasteiger partial charge in [-0.15, -0.1) is 11.8 Å². The van der Waals surface area contributed by atoms with Gasteiger partial charge in [0.15, 0.2) is 11.5 Å². The Bertz CT molecular complexity index is 1920. The smallest absolute Gasteiger partial charge is 0.305 e. The van der Waals surface area contributed by atoms with E-state index in [2.05, 4.69) is 4.98 Å². The summed E-state index contributed by atoms with van der Waals surface area (Å²) in [7, 11) is 1.60. The fraction of sp³-hybridized carbons (Fsp3) is 0.324. The molecule has 45 heavy (non-hydrogen) atoms. The van der Waals surface area contributed by atoms with Crippen molar-refractivity contribution in [2.75, 3.05) is 12.0 Å². The second kappa shape index (κ2) is 10.9. The number of halogens is 2. The molecule has 4 aromatic rings. The van der Waals surface area contributed by atoms with Crippen LogP contribution in [-0.4, -0.2) is 29.2 Å². The maximum absolute atomic E-state index is 14.0. The van der Waals surface area contributed by atoms with E-state index in [9.17, 15) is 14.4 Å². The first kappa shape index (κ1) is 29.2. The van der Waals surface area contributed by atoms with Crippen molar-refractivity contribution >= 4 is 63.8 Å². The number of benzene rings is 3. The van der Waals surface area contributed by atoms with Crippen LogP contribution >= 0.6 is 46.3 Å². The third-order valence-corrected chi connectivity index (χ3v) is 13.1. The van der Waals surface area contributed by atoms with Crippen LogP contribution < -0.4 is 19.2 Å². The zero-order valence-electron chi connectivity index (χ0n) is 24.3. The van der Waals surface area contributed by atoms with Crippen LogP contribution in [0.25, 0.3) is 0 Å². The molecule has 2 saturated carbocycles. The number of amides is 2. The molecule has 0 unspecified atom stereocenters. The average Bonchev–Trinajstić information content (AvgIpc) is 3.76. The summed E-state index contributed by atoms with van der Waals surface area (Å²) in [5, 5.41) is 2.04. The average molecular weight is 680 g/mol. The van der Waals surface area contributed by atoms with Gasteiger partial charge in [0.05, 0.1) is 29.7 Å². The molecule has 4 aliphatic rings. The molecule has 8 rings (SSSR count). The second-order valence-corrected chi connectivity index (χ2v) is 15.3. The number of aromatic nitrogens is 1. The Hall–Kier alpha value is -3.24. The van der Waals surface area contributed by atoms with Gasteiger partial charge in [0.2, 0.25) is 11.8 Å². The standard InChI is InChI=1S/C34H28Cl2N2O5S2/c1-15-3-8-19(9-4-15)38-32(39)27-20-13-21(28(27)33(38)40)29-26(20)25(30-31(44-29)37-34(41)45-30)16-6-10-23(24(11-16)42-2)43-14-17-5-7-18(35)12-22(17)36/h3-12,20-21,25-29H,13-14H2,1-2H3,(H,37,41)/t20-,21-,25+,26+,27+,28+,29-/m1/s1. The zero-order chi connectivity index (χ0) is 31.1. The molecule has 2 aliphatic heterocycles. The summed E-state index contributed by atoms with van der Waals surface area (Å²) >= 11 is 15.3. The largest absolute Gasteiger partial charge is 0.493 e. The number of nitrogens with one attached hydrogen (secondary N) is 1. The lowest BCUT2D eigenvalue weighted by Gasteiger charge is -2.43. The number of thiazole rings is 1. The molecule has 3 heterocycles. The molecule has 0 spiro atoms. The molecule has 7 atom stereocenters. The van der Waals surface area contributed by atoms with E-state index in [1.807, 2.05) is 55.5 Å². The molecule has 230 valence electrons. The number of aryl methyl sites for hydroxylation is 1. The quantitative estimate of drug-likeness (QED) is 0.215. The van der Waals surface area contributed by atoms with Crippen LogP contribution in [0.4, 0.5) is 5.69 Å². The number of hydrogen-bond acceptors (Lipinski definition) is 7. The van der Waals surface area contributed by atoms with Gasteiger partial charge < -0.3 is 14.5 Å². The van der Waals surface area contributed by atoms with E-state index >= 15 is 0 Å². The minimum atomic E-state index is -0.362. The minimum absolute atomic E-state index is 0.0220. The number of anilines is 1. The lowest BCUT2D eigenvalue weighted by Crippen LogP contribution is -2.42. The zero-order valence-corrected chi connectivity index (χ0v) is 27.4. The molecular weight excluding hydrogens is 651 g/mol. The van der Waals surface area contributed by atoms with E-state index in [-0.39, 0.29) is 64.1 Å². The number of thioether (sulfide) groups is 1. The summed E-state index contributed by atoms with van der Waals surface area (Å²) < 4.78 is 11.9. The monoisotopic (exact) mass is 678 g/mol. The Labute approximate surface area is 277 Å². The van der Waals surface area contributed by atoms with E-state index < -0.39 is 0 Å². The second-order valence-electron chi connectivity index (χ2n) is 12.2. The summed E-state index contributed by atoms with van der Waals surface area (Å²) in [4.78, 5) is 45.9. The van der Waals surface area contributed by atoms with Crippen molar-refractivity contribution in [2.24, 2.45) is 29.6 Å². The van der Waals surface area contributed by atoms with Gasteiger partial charge in [0, 0.05) is 31.7 Å². The maximum atomic E-state index is 14.0. The van der Waals surface area contributed by atoms with Crippen LogP contribution in [0.2, 0.25) is 10.0 Å². The highest BCUT2D eigenvalue weighted by Gasteiger charge is 2.69. The molecule has 11 heteroatoms. The third kappa shape index (κ3) is 4.57. The van der Waals surface area contributed by atoms with Gasteiger partial charge in [-0.25, -0.2) is 0 Å². The van der Waals surface area contributed by atoms with Gasteiger partial charge >= 0.3 is 4.87 Å². The maximum Gasteiger partial charge on any atom is 0.305 e. The number of carbonyl (C=O) groups is 2. The lowest BCUT2D eigenvalue weighted by atomic mass is 9.68. The molecule has 0 radical (unpaired) electrons. The van der Waals surface area contributed by atoms with Crippen LogP contribution in [0, 0.1) is 36.5 Å². The number of methoxy groups -OCH3 is 1. The SMILES string of the molecule is COc1cc([C@@H]2c3sc(=O)[nH]c3S[C@@H]3[C@@H]4C[C@@H]([C@@H]5C(=O)N(c6ccc(C)cc6)C(=O)[C@@H]45)[C@@H]23)ccc1OCc1ccc(Cl)cc1Cl. The minimum Gasteiger partial charge on any atom is -0.493 e. The Kier molecular flexibility index (Phi) is 7.09. The Morgan fingerprint density at radius 3 is 2.42 bits per heavy atom. The number of imide groups is 1. The van der Waals surface area contributed by atoms with Gasteiger partial charge in [0.1, 0.15) is 6.61 Å². The third-order valence-electron chi connectivity index (χ3n) is 9.96. The highest BCUT2D eigenvalue weighted by atomic mass is 35.5. The molecule has 1 saturated heterocycles. The van der Waals surface area contributed by atoms with Crippen molar-refractivity contribution < 1.29 is 19.1 Å². The van der Waals surface area contributed by atoms with Crippen molar-refractivity contribution in [2.45, 2.75) is 36.1 Å². The van der Waals surface area contributed by atoms with Crippen molar-refractivity contribution in [3.8, 4) is 11.5 Å².